The van der Waals surface area contributed by atoms with Gasteiger partial charge < -0.3 is 14.6 Å². The number of carboxylic acids is 1. The van der Waals surface area contributed by atoms with E-state index in [0.29, 0.717) is 29.5 Å². The van der Waals surface area contributed by atoms with Gasteiger partial charge in [-0.2, -0.15) is 0 Å². The summed E-state index contributed by atoms with van der Waals surface area (Å²) in [6.07, 6.45) is 3.30. The molecule has 0 amide bonds. The molecule has 2 fully saturated rings. The number of rotatable bonds is 5. The summed E-state index contributed by atoms with van der Waals surface area (Å²) in [4.78, 5) is 26.0. The number of hydrogen-bond donors (Lipinski definition) is 1. The fourth-order valence-electron chi connectivity index (χ4n) is 3.74. The fourth-order valence-corrected chi connectivity index (χ4v) is 4.71. The molecule has 4 rings (SSSR count). The number of carboxylic acid groups (broad SMARTS) is 1. The van der Waals surface area contributed by atoms with Crippen LogP contribution in [0.25, 0.3) is 10.9 Å². The van der Waals surface area contributed by atoms with Crippen LogP contribution in [0.1, 0.15) is 43.1 Å². The molecule has 28 heavy (non-hydrogen) atoms. The quantitative estimate of drug-likeness (QED) is 0.770. The van der Waals surface area contributed by atoms with Crippen LogP contribution in [-0.2, 0) is 0 Å². The zero-order chi connectivity index (χ0) is 20.0. The average molecular weight is 405 g/mol. The molecule has 8 heteroatoms. The van der Waals surface area contributed by atoms with Gasteiger partial charge in [0.2, 0.25) is 5.43 Å². The molecule has 2 aromatic rings. The second-order valence-electron chi connectivity index (χ2n) is 7.71. The van der Waals surface area contributed by atoms with E-state index in [2.05, 4.69) is 18.2 Å². The number of piperazine rings is 1. The molecule has 1 aliphatic carbocycles. The predicted octanol–water partition coefficient (Wildman–Crippen LogP) is 3.35. The van der Waals surface area contributed by atoms with Crippen molar-refractivity contribution < 1.29 is 14.3 Å². The predicted molar refractivity (Wildman–Crippen MR) is 110 cm³/mol. The highest BCUT2D eigenvalue weighted by atomic mass is 32.2. The van der Waals surface area contributed by atoms with Crippen LogP contribution < -0.4 is 10.3 Å². The van der Waals surface area contributed by atoms with Crippen molar-refractivity contribution in [1.29, 1.82) is 0 Å². The van der Waals surface area contributed by atoms with E-state index < -0.39 is 17.2 Å². The van der Waals surface area contributed by atoms with Crippen LogP contribution in [0.2, 0.25) is 0 Å². The van der Waals surface area contributed by atoms with Gasteiger partial charge in [-0.1, -0.05) is 25.8 Å². The lowest BCUT2D eigenvalue weighted by molar-refractivity contribution is 0.0695. The van der Waals surface area contributed by atoms with Crippen LogP contribution in [0.3, 0.4) is 0 Å². The summed E-state index contributed by atoms with van der Waals surface area (Å²) in [6.45, 7) is 7.42. The van der Waals surface area contributed by atoms with E-state index in [1.807, 2.05) is 21.4 Å². The van der Waals surface area contributed by atoms with Crippen molar-refractivity contribution in [3.8, 4) is 0 Å². The minimum atomic E-state index is -1.27. The smallest absolute Gasteiger partial charge is 0.341 e. The van der Waals surface area contributed by atoms with Gasteiger partial charge in [-0.05, 0) is 25.0 Å². The fraction of sp³-hybridized carbons (Fsp3) is 0.500. The molecular weight excluding hydrogens is 381 g/mol. The lowest BCUT2D eigenvalue weighted by atomic mass is 10.1. The molecule has 1 saturated heterocycles. The van der Waals surface area contributed by atoms with Gasteiger partial charge >= 0.3 is 5.97 Å². The number of hydrogen-bond acceptors (Lipinski definition) is 5. The molecule has 1 saturated carbocycles. The first kappa shape index (κ1) is 19.3. The summed E-state index contributed by atoms with van der Waals surface area (Å²) < 4.78 is 19.1. The average Bonchev–Trinajstić information content (AvgIpc) is 3.47. The Bertz CT molecular complexity index is 979. The number of halogens is 1. The summed E-state index contributed by atoms with van der Waals surface area (Å²) in [5.41, 5.74) is 0.181. The topological polar surface area (TPSA) is 65.8 Å². The van der Waals surface area contributed by atoms with Crippen LogP contribution in [0.5, 0.6) is 0 Å². The Labute approximate surface area is 167 Å². The van der Waals surface area contributed by atoms with Crippen molar-refractivity contribution in [2.75, 3.05) is 31.1 Å². The minimum Gasteiger partial charge on any atom is -0.477 e. The summed E-state index contributed by atoms with van der Waals surface area (Å²) in [5, 5.41) is 10.00. The number of benzene rings is 1. The first-order chi connectivity index (χ1) is 13.3. The molecule has 6 nitrogen and oxygen atoms in total. The third-order valence-electron chi connectivity index (χ3n) is 5.21. The van der Waals surface area contributed by atoms with Crippen LogP contribution in [0.4, 0.5) is 10.1 Å². The lowest BCUT2D eigenvalue weighted by Gasteiger charge is -2.36. The van der Waals surface area contributed by atoms with Crippen molar-refractivity contribution in [3.05, 3.63) is 39.9 Å². The second-order valence-corrected chi connectivity index (χ2v) is 9.38. The highest BCUT2D eigenvalue weighted by molar-refractivity contribution is 7.97. The summed E-state index contributed by atoms with van der Waals surface area (Å²) >= 11 is 1.81. The Hall–Kier alpha value is -2.06. The van der Waals surface area contributed by atoms with Gasteiger partial charge in [0.05, 0.1) is 11.2 Å². The molecule has 150 valence electrons. The number of carbonyl (C=O) groups is 1. The molecule has 2 heterocycles. The van der Waals surface area contributed by atoms with Crippen molar-refractivity contribution in [2.24, 2.45) is 0 Å². The van der Waals surface area contributed by atoms with Crippen LogP contribution in [0.15, 0.2) is 23.1 Å². The van der Waals surface area contributed by atoms with Crippen LogP contribution in [-0.4, -0.2) is 51.4 Å². The molecule has 1 aliphatic heterocycles. The van der Waals surface area contributed by atoms with Gasteiger partial charge in [-0.15, -0.1) is 0 Å². The maximum atomic E-state index is 14.9. The Morgan fingerprint density at radius 2 is 1.89 bits per heavy atom. The minimum absolute atomic E-state index is 0.141. The van der Waals surface area contributed by atoms with E-state index >= 15 is 0 Å². The van der Waals surface area contributed by atoms with Crippen molar-refractivity contribution in [2.45, 2.75) is 38.0 Å². The van der Waals surface area contributed by atoms with Gasteiger partial charge in [0, 0.05) is 49.1 Å². The number of aromatic carboxylic acids is 1. The van der Waals surface area contributed by atoms with Gasteiger partial charge in [0.15, 0.2) is 0 Å². The maximum absolute atomic E-state index is 14.9. The van der Waals surface area contributed by atoms with Gasteiger partial charge in [-0.3, -0.25) is 4.79 Å². The summed E-state index contributed by atoms with van der Waals surface area (Å²) in [6, 6.07) is 3.12. The third-order valence-corrected chi connectivity index (χ3v) is 6.30. The number of anilines is 1. The Kier molecular flexibility index (Phi) is 5.09. The largest absolute Gasteiger partial charge is 0.477 e. The molecule has 1 N–H and O–H groups in total. The first-order valence-corrected chi connectivity index (χ1v) is 10.5. The van der Waals surface area contributed by atoms with E-state index in [9.17, 15) is 19.1 Å². The Balaban J connectivity index is 1.72. The van der Waals surface area contributed by atoms with E-state index in [1.165, 1.54) is 12.3 Å². The second kappa shape index (κ2) is 7.40. The maximum Gasteiger partial charge on any atom is 0.341 e. The third kappa shape index (κ3) is 3.63. The molecule has 0 atom stereocenters. The van der Waals surface area contributed by atoms with Crippen molar-refractivity contribution in [1.82, 2.24) is 8.87 Å². The number of aromatic nitrogens is 1. The van der Waals surface area contributed by atoms with Crippen LogP contribution in [0, 0.1) is 5.82 Å². The van der Waals surface area contributed by atoms with E-state index in [-0.39, 0.29) is 17.0 Å². The van der Waals surface area contributed by atoms with Gasteiger partial charge in [-0.25, -0.2) is 13.5 Å². The highest BCUT2D eigenvalue weighted by Gasteiger charge is 2.28. The highest BCUT2D eigenvalue weighted by Crippen LogP contribution is 2.38. The molecule has 0 spiro atoms. The summed E-state index contributed by atoms with van der Waals surface area (Å²) in [7, 11) is 0. The number of nitrogens with zero attached hydrogens (tertiary/aromatic N) is 3. The molecule has 2 aliphatic rings. The molecule has 1 aromatic carbocycles. The van der Waals surface area contributed by atoms with Crippen molar-refractivity contribution in [3.63, 3.8) is 0 Å². The zero-order valence-corrected chi connectivity index (χ0v) is 16.8. The molecule has 0 unspecified atom stereocenters. The SMILES string of the molecule is CC(C)SN1CCN(c2cc3c(cc2F)c(=O)c(C(=O)O)cn3C2CC2)CC1. The van der Waals surface area contributed by atoms with E-state index in [1.54, 1.807) is 6.07 Å². The molecule has 0 bridgehead atoms. The van der Waals surface area contributed by atoms with Crippen molar-refractivity contribution >= 4 is 34.5 Å². The lowest BCUT2D eigenvalue weighted by Crippen LogP contribution is -2.44. The van der Waals surface area contributed by atoms with E-state index in [0.717, 1.165) is 25.9 Å². The molecule has 0 radical (unpaired) electrons. The van der Waals surface area contributed by atoms with Gasteiger partial charge in [0.1, 0.15) is 11.4 Å². The first-order valence-electron chi connectivity index (χ1n) is 9.63. The van der Waals surface area contributed by atoms with E-state index in [4.69, 9.17) is 0 Å². The Morgan fingerprint density at radius 3 is 2.46 bits per heavy atom. The standard InChI is InChI=1S/C20H24FN3O3S/c1-12(2)28-23-7-5-22(6-8-23)18-10-17-14(9-16(18)21)19(25)15(20(26)27)11-24(17)13-3-4-13/h9-13H,3-8H2,1-2H3,(H,26,27). The zero-order valence-electron chi connectivity index (χ0n) is 16.0. The Morgan fingerprint density at radius 1 is 1.21 bits per heavy atom. The number of pyridine rings is 1. The molecule has 1 aromatic heterocycles. The normalized spacial score (nSPS) is 18.2. The summed E-state index contributed by atoms with van der Waals surface area (Å²) in [5.74, 6) is -1.75. The monoisotopic (exact) mass is 405 g/mol. The van der Waals surface area contributed by atoms with Crippen LogP contribution >= 0.6 is 11.9 Å². The van der Waals surface area contributed by atoms with Gasteiger partial charge in [0.25, 0.3) is 0 Å². The number of fused-ring (bicyclic) bond motifs is 1. The molecular formula is C20H24FN3O3S.